The van der Waals surface area contributed by atoms with Gasteiger partial charge in [-0.3, -0.25) is 19.3 Å². The summed E-state index contributed by atoms with van der Waals surface area (Å²) in [5.74, 6) is -1.54. The standard InChI is InChI=1S/C21H21N3O3S/c1-12-7-8-13(2)16(9-12)17-11-28-21(22-17)23-18(25)10-24-19(26)14-5-3-4-6-15(14)20(24)27/h3-4,7-9,11,14-15H,5-6,10H2,1-2H3,(H,22,23,25)/t14-,15+. The number of carbonyl (C=O) groups is 3. The number of aromatic nitrogens is 1. The molecule has 2 aliphatic rings. The SMILES string of the molecule is Cc1ccc(C)c(-c2csc(NC(=O)CN3C(=O)[C@H]4CC=CC[C@H]4C3=O)n2)c1. The Morgan fingerprint density at radius 3 is 2.54 bits per heavy atom. The predicted octanol–water partition coefficient (Wildman–Crippen LogP) is 3.32. The zero-order valence-corrected chi connectivity index (χ0v) is 16.6. The fourth-order valence-electron chi connectivity index (χ4n) is 3.79. The van der Waals surface area contributed by atoms with Crippen molar-refractivity contribution in [1.82, 2.24) is 9.88 Å². The van der Waals surface area contributed by atoms with Crippen molar-refractivity contribution < 1.29 is 14.4 Å². The Morgan fingerprint density at radius 2 is 1.86 bits per heavy atom. The van der Waals surface area contributed by atoms with Gasteiger partial charge in [-0.05, 0) is 38.3 Å². The van der Waals surface area contributed by atoms with Gasteiger partial charge in [0.05, 0.1) is 17.5 Å². The highest BCUT2D eigenvalue weighted by atomic mass is 32.1. The van der Waals surface area contributed by atoms with Gasteiger partial charge in [0, 0.05) is 10.9 Å². The van der Waals surface area contributed by atoms with Gasteiger partial charge in [-0.1, -0.05) is 29.8 Å². The summed E-state index contributed by atoms with van der Waals surface area (Å²) in [7, 11) is 0. The molecule has 7 heteroatoms. The minimum absolute atomic E-state index is 0.246. The minimum atomic E-state index is -0.407. The Balaban J connectivity index is 1.44. The molecule has 2 heterocycles. The van der Waals surface area contributed by atoms with E-state index in [1.807, 2.05) is 43.5 Å². The van der Waals surface area contributed by atoms with E-state index in [1.54, 1.807) is 0 Å². The largest absolute Gasteiger partial charge is 0.300 e. The molecule has 3 amide bonds. The van der Waals surface area contributed by atoms with E-state index >= 15 is 0 Å². The molecule has 1 aliphatic heterocycles. The normalized spacial score (nSPS) is 21.1. The summed E-state index contributed by atoms with van der Waals surface area (Å²) < 4.78 is 0. The van der Waals surface area contributed by atoms with Gasteiger partial charge in [-0.25, -0.2) is 4.98 Å². The number of imide groups is 1. The van der Waals surface area contributed by atoms with E-state index in [4.69, 9.17) is 0 Å². The molecule has 1 saturated heterocycles. The van der Waals surface area contributed by atoms with Gasteiger partial charge in [0.25, 0.3) is 0 Å². The van der Waals surface area contributed by atoms with Crippen LogP contribution in [0.25, 0.3) is 11.3 Å². The number of thiazole rings is 1. The molecule has 6 nitrogen and oxygen atoms in total. The van der Waals surface area contributed by atoms with Gasteiger partial charge in [0.15, 0.2) is 5.13 Å². The first-order valence-electron chi connectivity index (χ1n) is 9.27. The maximum Gasteiger partial charge on any atom is 0.246 e. The van der Waals surface area contributed by atoms with Crippen molar-refractivity contribution in [1.29, 1.82) is 0 Å². The lowest BCUT2D eigenvalue weighted by Crippen LogP contribution is -2.38. The van der Waals surface area contributed by atoms with E-state index < -0.39 is 5.91 Å². The number of fused-ring (bicyclic) bond motifs is 1. The maximum atomic E-state index is 12.5. The Labute approximate surface area is 167 Å². The van der Waals surface area contributed by atoms with E-state index in [-0.39, 0.29) is 30.2 Å². The number of rotatable bonds is 4. The molecule has 28 heavy (non-hydrogen) atoms. The van der Waals surface area contributed by atoms with Crippen LogP contribution in [-0.2, 0) is 14.4 Å². The molecule has 0 saturated carbocycles. The summed E-state index contributed by atoms with van der Waals surface area (Å²) in [6.45, 7) is 3.78. The van der Waals surface area contributed by atoms with Gasteiger partial charge in [0.2, 0.25) is 17.7 Å². The molecule has 1 aromatic heterocycles. The van der Waals surface area contributed by atoms with Crippen LogP contribution in [0.4, 0.5) is 5.13 Å². The number of carbonyl (C=O) groups excluding carboxylic acids is 3. The van der Waals surface area contributed by atoms with Crippen LogP contribution >= 0.6 is 11.3 Å². The Hall–Kier alpha value is -2.80. The second-order valence-electron chi connectivity index (χ2n) is 7.32. The van der Waals surface area contributed by atoms with Gasteiger partial charge in [-0.2, -0.15) is 0 Å². The maximum absolute atomic E-state index is 12.5. The van der Waals surface area contributed by atoms with Crippen LogP contribution in [-0.4, -0.2) is 34.2 Å². The first-order chi connectivity index (χ1) is 13.4. The summed E-state index contributed by atoms with van der Waals surface area (Å²) in [5, 5.41) is 5.07. The number of nitrogens with one attached hydrogen (secondary N) is 1. The first-order valence-corrected chi connectivity index (χ1v) is 10.1. The average molecular weight is 395 g/mol. The number of amides is 3. The highest BCUT2D eigenvalue weighted by Gasteiger charge is 2.47. The van der Waals surface area contributed by atoms with E-state index in [2.05, 4.69) is 16.4 Å². The third-order valence-electron chi connectivity index (χ3n) is 5.32. The summed E-state index contributed by atoms with van der Waals surface area (Å²) in [6.07, 6.45) is 5.00. The number of aryl methyl sites for hydroxylation is 2. The van der Waals surface area contributed by atoms with Crippen molar-refractivity contribution in [2.45, 2.75) is 26.7 Å². The van der Waals surface area contributed by atoms with Crippen LogP contribution in [0.3, 0.4) is 0 Å². The molecule has 2 atom stereocenters. The van der Waals surface area contributed by atoms with Crippen LogP contribution in [0.5, 0.6) is 0 Å². The number of hydrogen-bond acceptors (Lipinski definition) is 5. The number of allylic oxidation sites excluding steroid dienone is 2. The van der Waals surface area contributed by atoms with Crippen molar-refractivity contribution in [3.63, 3.8) is 0 Å². The van der Waals surface area contributed by atoms with Crippen molar-refractivity contribution >= 4 is 34.2 Å². The van der Waals surface area contributed by atoms with E-state index in [0.717, 1.165) is 27.3 Å². The highest BCUT2D eigenvalue weighted by Crippen LogP contribution is 2.35. The smallest absolute Gasteiger partial charge is 0.246 e. The molecule has 0 bridgehead atoms. The van der Waals surface area contributed by atoms with Crippen LogP contribution < -0.4 is 5.32 Å². The molecule has 1 aromatic carbocycles. The molecule has 0 unspecified atom stereocenters. The van der Waals surface area contributed by atoms with Crippen LogP contribution in [0, 0.1) is 25.7 Å². The third-order valence-corrected chi connectivity index (χ3v) is 6.08. The minimum Gasteiger partial charge on any atom is -0.300 e. The molecule has 1 aliphatic carbocycles. The van der Waals surface area contributed by atoms with Crippen LogP contribution in [0.2, 0.25) is 0 Å². The summed E-state index contributed by atoms with van der Waals surface area (Å²) in [5.41, 5.74) is 4.07. The highest BCUT2D eigenvalue weighted by molar-refractivity contribution is 7.14. The fourth-order valence-corrected chi connectivity index (χ4v) is 4.52. The Kier molecular flexibility index (Phi) is 4.85. The molecule has 144 valence electrons. The van der Waals surface area contributed by atoms with Gasteiger partial charge in [0.1, 0.15) is 6.54 Å². The lowest BCUT2D eigenvalue weighted by molar-refractivity contribution is -0.142. The Bertz CT molecular complexity index is 969. The van der Waals surface area contributed by atoms with Gasteiger partial charge in [-0.15, -0.1) is 11.3 Å². The van der Waals surface area contributed by atoms with Gasteiger partial charge >= 0.3 is 0 Å². The van der Waals surface area contributed by atoms with Gasteiger partial charge < -0.3 is 5.32 Å². The first kappa shape index (κ1) is 18.6. The molecule has 2 aromatic rings. The number of benzene rings is 1. The summed E-state index contributed by atoms with van der Waals surface area (Å²) >= 11 is 1.33. The second kappa shape index (κ2) is 7.31. The van der Waals surface area contributed by atoms with Crippen molar-refractivity contribution in [2.24, 2.45) is 11.8 Å². The van der Waals surface area contributed by atoms with Crippen molar-refractivity contribution in [2.75, 3.05) is 11.9 Å². The van der Waals surface area contributed by atoms with E-state index in [0.29, 0.717) is 18.0 Å². The second-order valence-corrected chi connectivity index (χ2v) is 8.18. The van der Waals surface area contributed by atoms with Crippen LogP contribution in [0.1, 0.15) is 24.0 Å². The Morgan fingerprint density at radius 1 is 1.18 bits per heavy atom. The topological polar surface area (TPSA) is 79.4 Å². The third kappa shape index (κ3) is 3.38. The zero-order valence-electron chi connectivity index (χ0n) is 15.8. The van der Waals surface area contributed by atoms with Crippen molar-refractivity contribution in [3.05, 3.63) is 46.9 Å². The lowest BCUT2D eigenvalue weighted by atomic mass is 9.85. The molecule has 1 N–H and O–H groups in total. The number of anilines is 1. The molecule has 0 spiro atoms. The van der Waals surface area contributed by atoms with Crippen LogP contribution in [0.15, 0.2) is 35.7 Å². The summed E-state index contributed by atoms with van der Waals surface area (Å²) in [6, 6.07) is 6.15. The fraction of sp³-hybridized carbons (Fsp3) is 0.333. The molecule has 4 rings (SSSR count). The molecular formula is C21H21N3O3S. The lowest BCUT2D eigenvalue weighted by Gasteiger charge is -2.14. The quantitative estimate of drug-likeness (QED) is 0.636. The number of hydrogen-bond donors (Lipinski definition) is 1. The number of nitrogens with zero attached hydrogens (tertiary/aromatic N) is 2. The van der Waals surface area contributed by atoms with Crippen molar-refractivity contribution in [3.8, 4) is 11.3 Å². The molecular weight excluding hydrogens is 374 g/mol. The predicted molar refractivity (Wildman–Crippen MR) is 108 cm³/mol. The van der Waals surface area contributed by atoms with E-state index in [9.17, 15) is 14.4 Å². The molecule has 1 fully saturated rings. The number of likely N-dealkylation sites (tertiary alicyclic amines) is 1. The average Bonchev–Trinajstić information content (AvgIpc) is 3.23. The monoisotopic (exact) mass is 395 g/mol. The zero-order chi connectivity index (χ0) is 19.8. The summed E-state index contributed by atoms with van der Waals surface area (Å²) in [4.78, 5) is 43.0. The van der Waals surface area contributed by atoms with E-state index in [1.165, 1.54) is 11.3 Å². The molecule has 0 radical (unpaired) electrons.